The Labute approximate surface area is 112 Å². The van der Waals surface area contributed by atoms with Gasteiger partial charge in [-0.25, -0.2) is 0 Å². The summed E-state index contributed by atoms with van der Waals surface area (Å²) in [5.41, 5.74) is 2.73. The van der Waals surface area contributed by atoms with E-state index in [4.69, 9.17) is 4.74 Å². The monoisotopic (exact) mass is 262 g/mol. The zero-order valence-electron chi connectivity index (χ0n) is 11.2. The first-order valence-electron chi connectivity index (χ1n) is 6.31. The third-order valence-electron chi connectivity index (χ3n) is 3.14. The number of rotatable bonds is 3. The molecular formula is C14H18N2O3. The number of carbonyl (C=O) groups is 2. The summed E-state index contributed by atoms with van der Waals surface area (Å²) in [6.45, 7) is 2.32. The molecule has 102 valence electrons. The standard InChI is InChI=1S/C14H18N2O3/c1-10(17)16-7-3-4-11-5-6-12(8-13(11)16)15-14(18)9-19-2/h5-6,8H,3-4,7,9H2,1-2H3,(H,15,18). The summed E-state index contributed by atoms with van der Waals surface area (Å²) >= 11 is 0. The molecule has 0 aliphatic carbocycles. The fourth-order valence-corrected chi connectivity index (χ4v) is 2.31. The van der Waals surface area contributed by atoms with Crippen LogP contribution >= 0.6 is 0 Å². The van der Waals surface area contributed by atoms with E-state index in [-0.39, 0.29) is 18.4 Å². The molecule has 0 saturated heterocycles. The Balaban J connectivity index is 2.23. The van der Waals surface area contributed by atoms with E-state index < -0.39 is 0 Å². The molecule has 5 nitrogen and oxygen atoms in total. The second kappa shape index (κ2) is 5.84. The number of benzene rings is 1. The van der Waals surface area contributed by atoms with Crippen LogP contribution in [0, 0.1) is 0 Å². The molecule has 0 atom stereocenters. The van der Waals surface area contributed by atoms with Crippen molar-refractivity contribution in [3.8, 4) is 0 Å². The van der Waals surface area contributed by atoms with E-state index in [1.54, 1.807) is 11.8 Å². The molecule has 1 aromatic rings. The molecule has 1 aromatic carbocycles. The number of amides is 2. The third-order valence-corrected chi connectivity index (χ3v) is 3.14. The zero-order chi connectivity index (χ0) is 13.8. The van der Waals surface area contributed by atoms with Crippen LogP contribution in [0.15, 0.2) is 18.2 Å². The average molecular weight is 262 g/mol. The first-order chi connectivity index (χ1) is 9.11. The van der Waals surface area contributed by atoms with Gasteiger partial charge in [0.25, 0.3) is 0 Å². The third kappa shape index (κ3) is 3.12. The molecule has 0 aromatic heterocycles. The van der Waals surface area contributed by atoms with Gasteiger partial charge < -0.3 is 15.0 Å². The van der Waals surface area contributed by atoms with Gasteiger partial charge in [-0.2, -0.15) is 0 Å². The first kappa shape index (κ1) is 13.5. The van der Waals surface area contributed by atoms with Gasteiger partial charge in [-0.1, -0.05) is 6.07 Å². The number of hydrogen-bond donors (Lipinski definition) is 1. The molecule has 0 spiro atoms. The van der Waals surface area contributed by atoms with E-state index in [1.807, 2.05) is 18.2 Å². The van der Waals surface area contributed by atoms with Crippen LogP contribution in [0.3, 0.4) is 0 Å². The number of nitrogens with zero attached hydrogens (tertiary/aromatic N) is 1. The van der Waals surface area contributed by atoms with Crippen LogP contribution in [-0.4, -0.2) is 32.1 Å². The van der Waals surface area contributed by atoms with Gasteiger partial charge in [0.15, 0.2) is 0 Å². The second-order valence-corrected chi connectivity index (χ2v) is 4.60. The predicted molar refractivity (Wildman–Crippen MR) is 73.3 cm³/mol. The van der Waals surface area contributed by atoms with E-state index in [9.17, 15) is 9.59 Å². The maximum absolute atomic E-state index is 11.6. The van der Waals surface area contributed by atoms with E-state index in [2.05, 4.69) is 5.32 Å². The van der Waals surface area contributed by atoms with Crippen molar-refractivity contribution in [2.24, 2.45) is 0 Å². The lowest BCUT2D eigenvalue weighted by Crippen LogP contribution is -2.33. The molecular weight excluding hydrogens is 244 g/mol. The average Bonchev–Trinajstić information content (AvgIpc) is 2.38. The summed E-state index contributed by atoms with van der Waals surface area (Å²) in [5.74, 6) is -0.172. The van der Waals surface area contributed by atoms with E-state index in [0.717, 1.165) is 30.6 Å². The van der Waals surface area contributed by atoms with E-state index in [1.165, 1.54) is 7.11 Å². The number of hydrogen-bond acceptors (Lipinski definition) is 3. The van der Waals surface area contributed by atoms with Crippen molar-refractivity contribution in [2.45, 2.75) is 19.8 Å². The molecule has 19 heavy (non-hydrogen) atoms. The van der Waals surface area contributed by atoms with Crippen molar-refractivity contribution in [1.82, 2.24) is 0 Å². The molecule has 0 saturated carbocycles. The van der Waals surface area contributed by atoms with Crippen LogP contribution < -0.4 is 10.2 Å². The minimum atomic E-state index is -0.201. The molecule has 5 heteroatoms. The summed E-state index contributed by atoms with van der Waals surface area (Å²) in [6.07, 6.45) is 1.94. The Hall–Kier alpha value is -1.88. The summed E-state index contributed by atoms with van der Waals surface area (Å²) in [6, 6.07) is 5.67. The van der Waals surface area contributed by atoms with Gasteiger partial charge in [0.2, 0.25) is 11.8 Å². The lowest BCUT2D eigenvalue weighted by molar-refractivity contribution is -0.119. The molecule has 2 rings (SSSR count). The predicted octanol–water partition coefficient (Wildman–Crippen LogP) is 1.57. The summed E-state index contributed by atoms with van der Waals surface area (Å²) in [5, 5.41) is 2.75. The van der Waals surface area contributed by atoms with Crippen LogP contribution in [0.5, 0.6) is 0 Å². The second-order valence-electron chi connectivity index (χ2n) is 4.60. The Morgan fingerprint density at radius 3 is 2.89 bits per heavy atom. The number of ether oxygens (including phenoxy) is 1. The van der Waals surface area contributed by atoms with Crippen molar-refractivity contribution in [1.29, 1.82) is 0 Å². The van der Waals surface area contributed by atoms with Gasteiger partial charge in [-0.15, -0.1) is 0 Å². The van der Waals surface area contributed by atoms with Crippen molar-refractivity contribution >= 4 is 23.2 Å². The van der Waals surface area contributed by atoms with Crippen molar-refractivity contribution < 1.29 is 14.3 Å². The largest absolute Gasteiger partial charge is 0.375 e. The van der Waals surface area contributed by atoms with Crippen LogP contribution in [0.4, 0.5) is 11.4 Å². The minimum Gasteiger partial charge on any atom is -0.375 e. The lowest BCUT2D eigenvalue weighted by atomic mass is 10.0. The van der Waals surface area contributed by atoms with Gasteiger partial charge in [-0.05, 0) is 30.5 Å². The fourth-order valence-electron chi connectivity index (χ4n) is 2.31. The van der Waals surface area contributed by atoms with Crippen LogP contribution in [0.25, 0.3) is 0 Å². The normalized spacial score (nSPS) is 13.9. The number of carbonyl (C=O) groups excluding carboxylic acids is 2. The summed E-state index contributed by atoms with van der Waals surface area (Å²) in [4.78, 5) is 24.9. The maximum atomic E-state index is 11.6. The van der Waals surface area contributed by atoms with Gasteiger partial charge >= 0.3 is 0 Å². The number of aryl methyl sites for hydroxylation is 1. The summed E-state index contributed by atoms with van der Waals surface area (Å²) < 4.78 is 4.77. The number of methoxy groups -OCH3 is 1. The van der Waals surface area contributed by atoms with Crippen LogP contribution in [-0.2, 0) is 20.7 Å². The number of nitrogens with one attached hydrogen (secondary N) is 1. The minimum absolute atomic E-state index is 0.0213. The van der Waals surface area contributed by atoms with Crippen LogP contribution in [0.1, 0.15) is 18.9 Å². The van der Waals surface area contributed by atoms with Crippen LogP contribution in [0.2, 0.25) is 0 Å². The number of anilines is 2. The SMILES string of the molecule is COCC(=O)Nc1ccc2c(c1)N(C(C)=O)CCC2. The molecule has 1 aliphatic rings. The Morgan fingerprint density at radius 2 is 2.21 bits per heavy atom. The smallest absolute Gasteiger partial charge is 0.250 e. The van der Waals surface area contributed by atoms with Crippen molar-refractivity contribution in [3.05, 3.63) is 23.8 Å². The lowest BCUT2D eigenvalue weighted by Gasteiger charge is -2.29. The van der Waals surface area contributed by atoms with Crippen molar-refractivity contribution in [3.63, 3.8) is 0 Å². The molecule has 0 radical (unpaired) electrons. The molecule has 0 unspecified atom stereocenters. The fraction of sp³-hybridized carbons (Fsp3) is 0.429. The topological polar surface area (TPSA) is 58.6 Å². The van der Waals surface area contributed by atoms with E-state index >= 15 is 0 Å². The van der Waals surface area contributed by atoms with Gasteiger partial charge in [0, 0.05) is 32.0 Å². The molecule has 1 N–H and O–H groups in total. The Kier molecular flexibility index (Phi) is 4.16. The summed E-state index contributed by atoms with van der Waals surface area (Å²) in [7, 11) is 1.48. The van der Waals surface area contributed by atoms with E-state index in [0.29, 0.717) is 5.69 Å². The molecule has 1 heterocycles. The van der Waals surface area contributed by atoms with Gasteiger partial charge in [0.05, 0.1) is 0 Å². The highest BCUT2D eigenvalue weighted by atomic mass is 16.5. The van der Waals surface area contributed by atoms with Gasteiger partial charge in [-0.3, -0.25) is 9.59 Å². The Morgan fingerprint density at radius 1 is 1.42 bits per heavy atom. The quantitative estimate of drug-likeness (QED) is 0.899. The van der Waals surface area contributed by atoms with Gasteiger partial charge in [0.1, 0.15) is 6.61 Å². The highest BCUT2D eigenvalue weighted by Gasteiger charge is 2.20. The molecule has 2 amide bonds. The molecule has 0 bridgehead atoms. The molecule has 0 fully saturated rings. The molecule has 1 aliphatic heterocycles. The highest BCUT2D eigenvalue weighted by Crippen LogP contribution is 2.30. The highest BCUT2D eigenvalue weighted by molar-refractivity contribution is 5.96. The number of fused-ring (bicyclic) bond motifs is 1. The Bertz CT molecular complexity index is 499. The van der Waals surface area contributed by atoms with Crippen molar-refractivity contribution in [2.75, 3.05) is 30.5 Å². The first-order valence-corrected chi connectivity index (χ1v) is 6.31. The maximum Gasteiger partial charge on any atom is 0.250 e. The zero-order valence-corrected chi connectivity index (χ0v) is 11.2.